The van der Waals surface area contributed by atoms with Crippen molar-refractivity contribution in [1.82, 2.24) is 14.7 Å². The summed E-state index contributed by atoms with van der Waals surface area (Å²) in [6.45, 7) is 7.42. The molecule has 2 aromatic carbocycles. The maximum Gasteiger partial charge on any atom is 0.272 e. The highest BCUT2D eigenvalue weighted by Gasteiger charge is 2.51. The van der Waals surface area contributed by atoms with Crippen molar-refractivity contribution in [3.05, 3.63) is 76.2 Å². The number of nitro benzene ring substituents is 1. The molecule has 1 aliphatic carbocycles. The van der Waals surface area contributed by atoms with Crippen molar-refractivity contribution in [2.75, 3.05) is 6.54 Å². The van der Waals surface area contributed by atoms with Crippen LogP contribution in [-0.2, 0) is 0 Å². The molecular formula is C26H27FN4O3. The van der Waals surface area contributed by atoms with Crippen molar-refractivity contribution in [2.45, 2.75) is 46.1 Å². The van der Waals surface area contributed by atoms with E-state index in [1.807, 2.05) is 4.90 Å². The molecule has 1 saturated heterocycles. The molecule has 1 aliphatic heterocycles. The number of benzene rings is 2. The summed E-state index contributed by atoms with van der Waals surface area (Å²) in [6.07, 6.45) is 2.95. The van der Waals surface area contributed by atoms with E-state index < -0.39 is 10.7 Å². The van der Waals surface area contributed by atoms with E-state index in [4.69, 9.17) is 0 Å². The summed E-state index contributed by atoms with van der Waals surface area (Å²) < 4.78 is 16.0. The van der Waals surface area contributed by atoms with Gasteiger partial charge in [0.15, 0.2) is 0 Å². The molecule has 1 amide bonds. The fraction of sp³-hybridized carbons (Fsp3) is 0.385. The van der Waals surface area contributed by atoms with Gasteiger partial charge in [0.2, 0.25) is 0 Å². The molecule has 2 aliphatic rings. The summed E-state index contributed by atoms with van der Waals surface area (Å²) in [5.74, 6) is -0.582. The van der Waals surface area contributed by atoms with E-state index in [1.165, 1.54) is 22.9 Å². The average molecular weight is 463 g/mol. The first-order valence-corrected chi connectivity index (χ1v) is 11.5. The van der Waals surface area contributed by atoms with E-state index in [2.05, 4.69) is 25.9 Å². The third-order valence-electron chi connectivity index (χ3n) is 7.06. The van der Waals surface area contributed by atoms with Crippen LogP contribution in [0.4, 0.5) is 10.1 Å². The molecule has 2 atom stereocenters. The van der Waals surface area contributed by atoms with Crippen LogP contribution in [0.1, 0.15) is 50.5 Å². The number of carbonyl (C=O) groups excluding carboxylic acids is 1. The number of amides is 1. The Balaban J connectivity index is 1.59. The Morgan fingerprint density at radius 3 is 2.50 bits per heavy atom. The average Bonchev–Trinajstić information content (AvgIpc) is 3.31. The Bertz CT molecular complexity index is 1280. The largest absolute Gasteiger partial charge is 0.334 e. The fourth-order valence-electron chi connectivity index (χ4n) is 6.09. The van der Waals surface area contributed by atoms with Crippen molar-refractivity contribution in [1.29, 1.82) is 0 Å². The molecule has 2 fully saturated rings. The smallest absolute Gasteiger partial charge is 0.272 e. The normalized spacial score (nSPS) is 23.2. The van der Waals surface area contributed by atoms with Crippen molar-refractivity contribution in [3.63, 3.8) is 0 Å². The summed E-state index contributed by atoms with van der Waals surface area (Å²) in [6, 6.07) is 13.9. The lowest BCUT2D eigenvalue weighted by Crippen LogP contribution is -2.38. The van der Waals surface area contributed by atoms with E-state index in [0.29, 0.717) is 29.2 Å². The van der Waals surface area contributed by atoms with Crippen molar-refractivity contribution in [3.8, 4) is 16.9 Å². The first-order chi connectivity index (χ1) is 16.1. The van der Waals surface area contributed by atoms with Crippen LogP contribution in [0, 0.1) is 26.8 Å². The van der Waals surface area contributed by atoms with Crippen LogP contribution in [-0.4, -0.2) is 38.1 Å². The summed E-state index contributed by atoms with van der Waals surface area (Å²) >= 11 is 0. The van der Waals surface area contributed by atoms with Gasteiger partial charge in [-0.2, -0.15) is 5.10 Å². The Morgan fingerprint density at radius 2 is 1.82 bits per heavy atom. The summed E-state index contributed by atoms with van der Waals surface area (Å²) in [5.41, 5.74) is 1.63. The van der Waals surface area contributed by atoms with Gasteiger partial charge in [-0.3, -0.25) is 14.9 Å². The fourth-order valence-corrected chi connectivity index (χ4v) is 6.09. The number of rotatable bonds is 4. The third kappa shape index (κ3) is 3.87. The maximum atomic E-state index is 14.6. The number of hydrogen-bond acceptors (Lipinski definition) is 4. The van der Waals surface area contributed by atoms with Gasteiger partial charge in [0, 0.05) is 30.3 Å². The highest BCUT2D eigenvalue weighted by molar-refractivity contribution is 5.95. The molecule has 2 bridgehead atoms. The van der Waals surface area contributed by atoms with Crippen LogP contribution in [0.2, 0.25) is 0 Å². The van der Waals surface area contributed by atoms with Crippen LogP contribution in [0.5, 0.6) is 0 Å². The number of aromatic nitrogens is 2. The summed E-state index contributed by atoms with van der Waals surface area (Å²) in [5, 5.41) is 15.7. The van der Waals surface area contributed by atoms with Gasteiger partial charge >= 0.3 is 0 Å². The molecule has 0 N–H and O–H groups in total. The minimum Gasteiger partial charge on any atom is -0.334 e. The number of nitrogens with zero attached hydrogens (tertiary/aromatic N) is 4. The second kappa shape index (κ2) is 7.75. The lowest BCUT2D eigenvalue weighted by molar-refractivity contribution is -0.384. The zero-order chi connectivity index (χ0) is 24.3. The SMILES string of the molecule is CC1(C)CC2CC(C)(CN2C(=O)c2cc(-c3ccccc3F)nn2-c2ccc([N+](=O)[O-])cc2)C1. The monoisotopic (exact) mass is 462 g/mol. The van der Waals surface area contributed by atoms with Crippen LogP contribution < -0.4 is 0 Å². The lowest BCUT2D eigenvalue weighted by atomic mass is 9.65. The van der Waals surface area contributed by atoms with E-state index in [1.54, 1.807) is 36.4 Å². The number of carbonyl (C=O) groups is 1. The predicted molar refractivity (Wildman–Crippen MR) is 126 cm³/mol. The highest BCUT2D eigenvalue weighted by atomic mass is 19.1. The van der Waals surface area contributed by atoms with Crippen molar-refractivity contribution >= 4 is 11.6 Å². The molecule has 2 unspecified atom stereocenters. The Labute approximate surface area is 197 Å². The summed E-state index contributed by atoms with van der Waals surface area (Å²) in [4.78, 5) is 26.5. The second-order valence-electron chi connectivity index (χ2n) is 10.7. The van der Waals surface area contributed by atoms with Crippen molar-refractivity contribution < 1.29 is 14.1 Å². The number of nitro groups is 1. The lowest BCUT2D eigenvalue weighted by Gasteiger charge is -2.39. The zero-order valence-corrected chi connectivity index (χ0v) is 19.5. The van der Waals surface area contributed by atoms with Gasteiger partial charge in [0.25, 0.3) is 11.6 Å². The molecule has 0 spiro atoms. The van der Waals surface area contributed by atoms with Gasteiger partial charge in [-0.25, -0.2) is 9.07 Å². The Hall–Kier alpha value is -3.55. The molecule has 2 heterocycles. The number of fused-ring (bicyclic) bond motifs is 2. The quantitative estimate of drug-likeness (QED) is 0.372. The minimum atomic E-state index is -0.476. The molecule has 0 radical (unpaired) electrons. The van der Waals surface area contributed by atoms with Crippen LogP contribution in [0.15, 0.2) is 54.6 Å². The Kier molecular flexibility index (Phi) is 5.07. The number of halogens is 1. The molecule has 1 saturated carbocycles. The van der Waals surface area contributed by atoms with Gasteiger partial charge < -0.3 is 4.90 Å². The minimum absolute atomic E-state index is 0.0541. The molecular weight excluding hydrogens is 435 g/mol. The molecule has 176 valence electrons. The molecule has 7 nitrogen and oxygen atoms in total. The van der Waals surface area contributed by atoms with Crippen LogP contribution in [0.3, 0.4) is 0 Å². The highest BCUT2D eigenvalue weighted by Crippen LogP contribution is 2.52. The predicted octanol–water partition coefficient (Wildman–Crippen LogP) is 5.63. The van der Waals surface area contributed by atoms with Gasteiger partial charge in [-0.15, -0.1) is 0 Å². The van der Waals surface area contributed by atoms with Crippen LogP contribution >= 0.6 is 0 Å². The third-order valence-corrected chi connectivity index (χ3v) is 7.06. The van der Waals surface area contributed by atoms with Gasteiger partial charge in [0.05, 0.1) is 16.3 Å². The number of likely N-dealkylation sites (tertiary alicyclic amines) is 1. The van der Waals surface area contributed by atoms with E-state index in [-0.39, 0.29) is 28.5 Å². The number of non-ortho nitro benzene ring substituents is 1. The van der Waals surface area contributed by atoms with E-state index in [0.717, 1.165) is 19.3 Å². The number of hydrogen-bond donors (Lipinski definition) is 0. The molecule has 8 heteroatoms. The van der Waals surface area contributed by atoms with E-state index >= 15 is 0 Å². The molecule has 3 aromatic rings. The van der Waals surface area contributed by atoms with Gasteiger partial charge in [0.1, 0.15) is 11.5 Å². The molecule has 1 aromatic heterocycles. The second-order valence-corrected chi connectivity index (χ2v) is 10.7. The first kappa shape index (κ1) is 22.3. The zero-order valence-electron chi connectivity index (χ0n) is 19.5. The van der Waals surface area contributed by atoms with E-state index in [9.17, 15) is 19.3 Å². The van der Waals surface area contributed by atoms with Crippen molar-refractivity contribution in [2.24, 2.45) is 10.8 Å². The topological polar surface area (TPSA) is 81.3 Å². The van der Waals surface area contributed by atoms with Gasteiger partial charge in [-0.1, -0.05) is 32.9 Å². The standard InChI is InChI=1S/C26H27FN4O3/c1-25(2)13-19-14-26(3,15-25)16-29(19)24(32)23-12-22(20-6-4-5-7-21(20)27)28-30(23)17-8-10-18(11-9-17)31(33)34/h4-12,19H,13-16H2,1-3H3. The maximum absolute atomic E-state index is 14.6. The van der Waals surface area contributed by atoms with Gasteiger partial charge in [-0.05, 0) is 60.4 Å². The molecule has 34 heavy (non-hydrogen) atoms. The van der Waals surface area contributed by atoms with Crippen LogP contribution in [0.25, 0.3) is 16.9 Å². The molecule has 5 rings (SSSR count). The first-order valence-electron chi connectivity index (χ1n) is 11.5. The summed E-state index contributed by atoms with van der Waals surface area (Å²) in [7, 11) is 0. The Morgan fingerprint density at radius 1 is 1.12 bits per heavy atom.